The van der Waals surface area contributed by atoms with Crippen LogP contribution >= 0.6 is 0 Å². The fourth-order valence-electron chi connectivity index (χ4n) is 2.88. The summed E-state index contributed by atoms with van der Waals surface area (Å²) in [5.41, 5.74) is 4.27. The van der Waals surface area contributed by atoms with Crippen molar-refractivity contribution in [2.45, 2.75) is 33.6 Å². The molecule has 0 spiro atoms. The second-order valence-electron chi connectivity index (χ2n) is 6.99. The number of hydrazone groups is 1. The zero-order valence-electron chi connectivity index (χ0n) is 17.2. The Labute approximate surface area is 177 Å². The SMILES string of the molecule is C/C(CC(=O)Nc1cc(C)cc(C)c1)=N/NC(=O)Cc1ccc([N+](=O)[O-])cc1[N+](=O)[O-]. The first-order valence-corrected chi connectivity index (χ1v) is 9.17. The van der Waals surface area contributed by atoms with Crippen LogP contribution in [0.1, 0.15) is 30.0 Å². The number of benzene rings is 2. The van der Waals surface area contributed by atoms with E-state index in [1.807, 2.05) is 32.0 Å². The molecule has 31 heavy (non-hydrogen) atoms. The number of carbonyl (C=O) groups is 2. The molecule has 0 aliphatic heterocycles. The number of rotatable bonds is 8. The van der Waals surface area contributed by atoms with Gasteiger partial charge in [0.25, 0.3) is 11.4 Å². The summed E-state index contributed by atoms with van der Waals surface area (Å²) in [4.78, 5) is 44.6. The Morgan fingerprint density at radius 1 is 0.968 bits per heavy atom. The zero-order chi connectivity index (χ0) is 23.1. The standard InChI is InChI=1S/C20H21N5O6/c1-12-6-13(2)8-16(7-12)21-19(26)9-14(3)22-23-20(27)10-15-4-5-17(24(28)29)11-18(15)25(30)31/h4-8,11H,9-10H2,1-3H3,(H,21,26)(H,23,27)/b22-14-. The van der Waals surface area contributed by atoms with Gasteiger partial charge in [0.05, 0.1) is 28.8 Å². The van der Waals surface area contributed by atoms with E-state index >= 15 is 0 Å². The monoisotopic (exact) mass is 427 g/mol. The van der Waals surface area contributed by atoms with Gasteiger partial charge >= 0.3 is 0 Å². The van der Waals surface area contributed by atoms with Crippen LogP contribution in [0.25, 0.3) is 0 Å². The van der Waals surface area contributed by atoms with E-state index in [9.17, 15) is 29.8 Å². The number of nitrogens with zero attached hydrogens (tertiary/aromatic N) is 3. The number of carbonyl (C=O) groups excluding carboxylic acids is 2. The lowest BCUT2D eigenvalue weighted by molar-refractivity contribution is -0.394. The first kappa shape index (κ1) is 23.1. The molecule has 0 saturated carbocycles. The van der Waals surface area contributed by atoms with Crippen LogP contribution in [0.4, 0.5) is 17.1 Å². The number of anilines is 1. The Morgan fingerprint density at radius 3 is 2.19 bits per heavy atom. The smallest absolute Gasteiger partial charge is 0.279 e. The molecule has 2 rings (SSSR count). The van der Waals surface area contributed by atoms with Crippen LogP contribution in [0.3, 0.4) is 0 Å². The lowest BCUT2D eigenvalue weighted by atomic mass is 10.1. The van der Waals surface area contributed by atoms with Gasteiger partial charge < -0.3 is 5.32 Å². The van der Waals surface area contributed by atoms with Gasteiger partial charge in [-0.25, -0.2) is 5.43 Å². The van der Waals surface area contributed by atoms with Crippen LogP contribution in [0.5, 0.6) is 0 Å². The molecule has 0 bridgehead atoms. The molecule has 2 amide bonds. The second-order valence-corrected chi connectivity index (χ2v) is 6.99. The quantitative estimate of drug-likeness (QED) is 0.374. The lowest BCUT2D eigenvalue weighted by Crippen LogP contribution is -2.23. The molecule has 0 unspecified atom stereocenters. The Balaban J connectivity index is 1.97. The van der Waals surface area contributed by atoms with Crippen LogP contribution in [0.2, 0.25) is 0 Å². The van der Waals surface area contributed by atoms with Crippen LogP contribution in [0, 0.1) is 34.1 Å². The summed E-state index contributed by atoms with van der Waals surface area (Å²) in [6.45, 7) is 5.38. The third kappa shape index (κ3) is 6.99. The van der Waals surface area contributed by atoms with Crippen LogP contribution in [0.15, 0.2) is 41.5 Å². The highest BCUT2D eigenvalue weighted by molar-refractivity contribution is 6.05. The van der Waals surface area contributed by atoms with Gasteiger partial charge in [-0.3, -0.25) is 29.8 Å². The second kappa shape index (κ2) is 10.1. The van der Waals surface area contributed by atoms with E-state index in [2.05, 4.69) is 15.8 Å². The summed E-state index contributed by atoms with van der Waals surface area (Å²) >= 11 is 0. The molecule has 0 aliphatic carbocycles. The van der Waals surface area contributed by atoms with Crippen molar-refractivity contribution in [2.75, 3.05) is 5.32 Å². The van der Waals surface area contributed by atoms with E-state index in [1.165, 1.54) is 0 Å². The lowest BCUT2D eigenvalue weighted by Gasteiger charge is -2.08. The average molecular weight is 427 g/mol. The van der Waals surface area contributed by atoms with Gasteiger partial charge in [0.2, 0.25) is 11.8 Å². The highest BCUT2D eigenvalue weighted by atomic mass is 16.6. The Morgan fingerprint density at radius 2 is 1.61 bits per heavy atom. The number of hydrogen-bond acceptors (Lipinski definition) is 7. The molecular formula is C20H21N5O6. The molecule has 11 nitrogen and oxygen atoms in total. The van der Waals surface area contributed by atoms with Crippen molar-refractivity contribution in [3.8, 4) is 0 Å². The van der Waals surface area contributed by atoms with Gasteiger partial charge in [-0.15, -0.1) is 0 Å². The molecule has 0 aliphatic rings. The van der Waals surface area contributed by atoms with Crippen molar-refractivity contribution in [3.05, 3.63) is 73.3 Å². The molecule has 2 aromatic carbocycles. The molecule has 2 N–H and O–H groups in total. The van der Waals surface area contributed by atoms with Gasteiger partial charge in [0.15, 0.2) is 0 Å². The van der Waals surface area contributed by atoms with E-state index in [4.69, 9.17) is 0 Å². The predicted octanol–water partition coefficient (Wildman–Crippen LogP) is 3.18. The summed E-state index contributed by atoms with van der Waals surface area (Å²) in [5.74, 6) is -0.975. The maximum atomic E-state index is 12.2. The first-order valence-electron chi connectivity index (χ1n) is 9.17. The number of amides is 2. The maximum Gasteiger partial charge on any atom is 0.279 e. The normalized spacial score (nSPS) is 11.0. The van der Waals surface area contributed by atoms with Crippen molar-refractivity contribution in [2.24, 2.45) is 5.10 Å². The summed E-state index contributed by atoms with van der Waals surface area (Å²) in [7, 11) is 0. The third-order valence-electron chi connectivity index (χ3n) is 4.12. The predicted molar refractivity (Wildman–Crippen MR) is 114 cm³/mol. The van der Waals surface area contributed by atoms with Crippen molar-refractivity contribution in [3.63, 3.8) is 0 Å². The van der Waals surface area contributed by atoms with Gasteiger partial charge in [-0.1, -0.05) is 6.07 Å². The Bertz CT molecular complexity index is 1060. The highest BCUT2D eigenvalue weighted by Gasteiger charge is 2.21. The van der Waals surface area contributed by atoms with Gasteiger partial charge in [0, 0.05) is 23.0 Å². The Hall–Kier alpha value is -4.15. The number of nitrogens with one attached hydrogen (secondary N) is 2. The molecule has 11 heteroatoms. The number of hydrogen-bond donors (Lipinski definition) is 2. The fraction of sp³-hybridized carbons (Fsp3) is 0.250. The summed E-state index contributed by atoms with van der Waals surface area (Å²) in [5, 5.41) is 28.5. The van der Waals surface area contributed by atoms with Gasteiger partial charge in [-0.2, -0.15) is 5.10 Å². The molecule has 0 saturated heterocycles. The fourth-order valence-corrected chi connectivity index (χ4v) is 2.88. The molecule has 2 aromatic rings. The molecule has 0 heterocycles. The van der Waals surface area contributed by atoms with Crippen LogP contribution in [-0.2, 0) is 16.0 Å². The number of aryl methyl sites for hydroxylation is 2. The summed E-state index contributed by atoms with van der Waals surface area (Å²) in [6, 6.07) is 8.68. The molecule has 162 valence electrons. The van der Waals surface area contributed by atoms with Crippen LogP contribution < -0.4 is 10.7 Å². The average Bonchev–Trinajstić information content (AvgIpc) is 2.65. The Kier molecular flexibility index (Phi) is 7.50. The van der Waals surface area contributed by atoms with E-state index in [1.54, 1.807) is 6.92 Å². The topological polar surface area (TPSA) is 157 Å². The van der Waals surface area contributed by atoms with E-state index in [0.717, 1.165) is 29.3 Å². The minimum Gasteiger partial charge on any atom is -0.326 e. The van der Waals surface area contributed by atoms with Crippen molar-refractivity contribution in [1.82, 2.24) is 5.43 Å². The summed E-state index contributed by atoms with van der Waals surface area (Å²) in [6.07, 6.45) is -0.467. The van der Waals surface area contributed by atoms with Gasteiger partial charge in [0.1, 0.15) is 0 Å². The molecule has 0 atom stereocenters. The van der Waals surface area contributed by atoms with Crippen molar-refractivity contribution >= 4 is 34.6 Å². The number of nitro benzene ring substituents is 2. The minimum atomic E-state index is -0.790. The largest absolute Gasteiger partial charge is 0.326 e. The maximum absolute atomic E-state index is 12.2. The molecule has 0 fully saturated rings. The number of nitro groups is 2. The first-order chi connectivity index (χ1) is 14.5. The zero-order valence-corrected chi connectivity index (χ0v) is 17.2. The van der Waals surface area contributed by atoms with Gasteiger partial charge in [-0.05, 0) is 50.1 Å². The van der Waals surface area contributed by atoms with Crippen molar-refractivity contribution in [1.29, 1.82) is 0 Å². The van der Waals surface area contributed by atoms with Crippen LogP contribution in [-0.4, -0.2) is 27.4 Å². The van der Waals surface area contributed by atoms with E-state index in [0.29, 0.717) is 11.4 Å². The third-order valence-corrected chi connectivity index (χ3v) is 4.12. The van der Waals surface area contributed by atoms with Crippen molar-refractivity contribution < 1.29 is 19.4 Å². The highest BCUT2D eigenvalue weighted by Crippen LogP contribution is 2.25. The number of non-ortho nitro benzene ring substituents is 1. The summed E-state index contributed by atoms with van der Waals surface area (Å²) < 4.78 is 0. The molecule has 0 aromatic heterocycles. The molecular weight excluding hydrogens is 406 g/mol. The van der Waals surface area contributed by atoms with E-state index in [-0.39, 0.29) is 17.9 Å². The van der Waals surface area contributed by atoms with E-state index < -0.39 is 33.5 Å². The minimum absolute atomic E-state index is 0.00788. The molecule has 0 radical (unpaired) electrons.